The first-order valence-corrected chi connectivity index (χ1v) is 10.5. The molecule has 9 heteroatoms. The number of carbonyl (C=O) groups excluding carboxylic acids is 2. The van der Waals surface area contributed by atoms with Crippen LogP contribution in [0.25, 0.3) is 0 Å². The average molecular weight is 417 g/mol. The second-order valence-electron chi connectivity index (χ2n) is 6.82. The average Bonchev–Trinajstić information content (AvgIpc) is 2.71. The number of para-hydroxylation sites is 2. The normalized spacial score (nSPS) is 16.1. The summed E-state index contributed by atoms with van der Waals surface area (Å²) in [5.41, 5.74) is 1.08. The number of benzene rings is 2. The Morgan fingerprint density at radius 2 is 1.79 bits per heavy atom. The van der Waals surface area contributed by atoms with Crippen molar-refractivity contribution in [1.82, 2.24) is 9.62 Å². The molecule has 3 rings (SSSR count). The Hall–Kier alpha value is -2.91. The third kappa shape index (κ3) is 4.25. The number of fused-ring (bicyclic) bond motifs is 1. The highest BCUT2D eigenvalue weighted by atomic mass is 32.2. The Labute approximate surface area is 170 Å². The number of hydrogen-bond acceptors (Lipinski definition) is 5. The number of anilines is 1. The molecule has 29 heavy (non-hydrogen) atoms. The topological polar surface area (TPSA) is 96.0 Å². The summed E-state index contributed by atoms with van der Waals surface area (Å²) in [5.74, 6) is -0.173. The van der Waals surface area contributed by atoms with Gasteiger partial charge in [-0.3, -0.25) is 9.59 Å². The lowest BCUT2D eigenvalue weighted by Crippen LogP contribution is -2.50. The maximum absolute atomic E-state index is 12.7. The van der Waals surface area contributed by atoms with Crippen LogP contribution in [-0.4, -0.2) is 51.3 Å². The standard InChI is InChI=1S/C20H23N3O5S/c1-14(24)23-13-18(28-17-10-6-5-9-16(17)23)20(25)21-12-15-8-4-7-11-19(15)29(26,27)22(2)3/h4-11,18H,12-13H2,1-3H3,(H,21,25). The van der Waals surface area contributed by atoms with Gasteiger partial charge in [0.05, 0.1) is 17.1 Å². The molecule has 0 aromatic heterocycles. The van der Waals surface area contributed by atoms with Crippen LogP contribution in [0.1, 0.15) is 12.5 Å². The minimum absolute atomic E-state index is 0.0175. The van der Waals surface area contributed by atoms with Crippen molar-refractivity contribution >= 4 is 27.5 Å². The maximum Gasteiger partial charge on any atom is 0.263 e. The van der Waals surface area contributed by atoms with Crippen molar-refractivity contribution in [2.24, 2.45) is 0 Å². The van der Waals surface area contributed by atoms with E-state index in [4.69, 9.17) is 4.74 Å². The summed E-state index contributed by atoms with van der Waals surface area (Å²) in [6.07, 6.45) is -0.897. The highest BCUT2D eigenvalue weighted by molar-refractivity contribution is 7.89. The van der Waals surface area contributed by atoms with Crippen LogP contribution in [0.4, 0.5) is 5.69 Å². The summed E-state index contributed by atoms with van der Waals surface area (Å²) < 4.78 is 31.9. The molecule has 1 heterocycles. The Bertz CT molecular complexity index is 1040. The van der Waals surface area contributed by atoms with Gasteiger partial charge >= 0.3 is 0 Å². The van der Waals surface area contributed by atoms with Crippen molar-refractivity contribution < 1.29 is 22.7 Å². The SMILES string of the molecule is CC(=O)N1CC(C(=O)NCc2ccccc2S(=O)(=O)N(C)C)Oc2ccccc21. The van der Waals surface area contributed by atoms with E-state index in [1.54, 1.807) is 42.5 Å². The lowest BCUT2D eigenvalue weighted by Gasteiger charge is -2.33. The van der Waals surface area contributed by atoms with Gasteiger partial charge in [0.1, 0.15) is 5.75 Å². The van der Waals surface area contributed by atoms with Gasteiger partial charge in [-0.2, -0.15) is 0 Å². The van der Waals surface area contributed by atoms with Crippen molar-refractivity contribution in [3.8, 4) is 5.75 Å². The van der Waals surface area contributed by atoms with Gasteiger partial charge < -0.3 is 15.0 Å². The van der Waals surface area contributed by atoms with E-state index >= 15 is 0 Å². The zero-order chi connectivity index (χ0) is 21.2. The Morgan fingerprint density at radius 1 is 1.14 bits per heavy atom. The number of hydrogen-bond donors (Lipinski definition) is 1. The van der Waals surface area contributed by atoms with E-state index < -0.39 is 22.0 Å². The summed E-state index contributed by atoms with van der Waals surface area (Å²) in [5, 5.41) is 2.73. The molecule has 2 amide bonds. The Kier molecular flexibility index (Phi) is 5.90. The number of ether oxygens (including phenoxy) is 1. The van der Waals surface area contributed by atoms with Crippen LogP contribution in [0, 0.1) is 0 Å². The summed E-state index contributed by atoms with van der Waals surface area (Å²) in [7, 11) is -0.737. The molecule has 2 aromatic carbocycles. The molecule has 0 spiro atoms. The van der Waals surface area contributed by atoms with Crippen LogP contribution < -0.4 is 15.0 Å². The van der Waals surface area contributed by atoms with Crippen molar-refractivity contribution in [2.45, 2.75) is 24.5 Å². The first-order chi connectivity index (χ1) is 13.7. The van der Waals surface area contributed by atoms with Crippen LogP contribution in [0.2, 0.25) is 0 Å². The second kappa shape index (κ2) is 8.22. The molecule has 0 saturated heterocycles. The quantitative estimate of drug-likeness (QED) is 0.793. The fraction of sp³-hybridized carbons (Fsp3) is 0.300. The highest BCUT2D eigenvalue weighted by Gasteiger charge is 2.32. The van der Waals surface area contributed by atoms with Gasteiger partial charge in [0.25, 0.3) is 5.91 Å². The van der Waals surface area contributed by atoms with E-state index in [9.17, 15) is 18.0 Å². The summed E-state index contributed by atoms with van der Waals surface area (Å²) in [6.45, 7) is 1.53. The van der Waals surface area contributed by atoms with Gasteiger partial charge in [-0.15, -0.1) is 0 Å². The zero-order valence-corrected chi connectivity index (χ0v) is 17.3. The first-order valence-electron chi connectivity index (χ1n) is 9.03. The molecule has 1 aliphatic heterocycles. The predicted octanol–water partition coefficient (Wildman–Crippen LogP) is 1.37. The number of sulfonamides is 1. The van der Waals surface area contributed by atoms with Crippen molar-refractivity contribution in [1.29, 1.82) is 0 Å². The Balaban J connectivity index is 1.77. The van der Waals surface area contributed by atoms with Crippen molar-refractivity contribution in [3.05, 3.63) is 54.1 Å². The smallest absolute Gasteiger partial charge is 0.263 e. The molecule has 2 aromatic rings. The third-order valence-corrected chi connectivity index (χ3v) is 6.55. The fourth-order valence-electron chi connectivity index (χ4n) is 3.06. The minimum atomic E-state index is -3.64. The first kappa shape index (κ1) is 20.8. The van der Waals surface area contributed by atoms with Crippen LogP contribution in [0.3, 0.4) is 0 Å². The molecule has 0 fully saturated rings. The second-order valence-corrected chi connectivity index (χ2v) is 8.94. The molecule has 1 unspecified atom stereocenters. The molecular weight excluding hydrogens is 394 g/mol. The van der Waals surface area contributed by atoms with Gasteiger partial charge in [0.2, 0.25) is 15.9 Å². The van der Waals surface area contributed by atoms with Gasteiger partial charge in [-0.05, 0) is 23.8 Å². The number of nitrogens with zero attached hydrogens (tertiary/aromatic N) is 2. The maximum atomic E-state index is 12.7. The van der Waals surface area contributed by atoms with E-state index in [0.29, 0.717) is 17.0 Å². The molecular formula is C20H23N3O5S. The number of nitrogens with one attached hydrogen (secondary N) is 1. The van der Waals surface area contributed by atoms with E-state index in [0.717, 1.165) is 4.31 Å². The molecule has 0 bridgehead atoms. The monoisotopic (exact) mass is 417 g/mol. The van der Waals surface area contributed by atoms with Crippen LogP contribution >= 0.6 is 0 Å². The molecule has 1 atom stereocenters. The van der Waals surface area contributed by atoms with E-state index in [2.05, 4.69) is 5.32 Å². The van der Waals surface area contributed by atoms with Crippen molar-refractivity contribution in [3.63, 3.8) is 0 Å². The molecule has 8 nitrogen and oxygen atoms in total. The highest BCUT2D eigenvalue weighted by Crippen LogP contribution is 2.33. The van der Waals surface area contributed by atoms with Gasteiger partial charge in [0.15, 0.2) is 6.10 Å². The number of carbonyl (C=O) groups is 2. The molecule has 154 valence electrons. The summed E-state index contributed by atoms with van der Waals surface area (Å²) >= 11 is 0. The van der Waals surface area contributed by atoms with Gasteiger partial charge in [-0.25, -0.2) is 12.7 Å². The lowest BCUT2D eigenvalue weighted by atomic mass is 10.1. The molecule has 0 saturated carbocycles. The summed E-state index contributed by atoms with van der Waals surface area (Å²) in [6, 6.07) is 13.5. The van der Waals surface area contributed by atoms with Gasteiger partial charge in [-0.1, -0.05) is 30.3 Å². The molecule has 0 radical (unpaired) electrons. The minimum Gasteiger partial charge on any atom is -0.477 e. The van der Waals surface area contributed by atoms with Crippen molar-refractivity contribution in [2.75, 3.05) is 25.5 Å². The molecule has 0 aliphatic carbocycles. The third-order valence-electron chi connectivity index (χ3n) is 4.63. The number of amides is 2. The number of rotatable bonds is 5. The zero-order valence-electron chi connectivity index (χ0n) is 16.5. The Morgan fingerprint density at radius 3 is 2.48 bits per heavy atom. The van der Waals surface area contributed by atoms with E-state index in [1.807, 2.05) is 0 Å². The van der Waals surface area contributed by atoms with Gasteiger partial charge in [0, 0.05) is 27.6 Å². The molecule has 1 N–H and O–H groups in total. The predicted molar refractivity (Wildman–Crippen MR) is 108 cm³/mol. The van der Waals surface area contributed by atoms with Crippen LogP contribution in [0.5, 0.6) is 5.75 Å². The summed E-state index contributed by atoms with van der Waals surface area (Å²) in [4.78, 5) is 26.3. The fourth-order valence-corrected chi connectivity index (χ4v) is 4.18. The van der Waals surface area contributed by atoms with E-state index in [1.165, 1.54) is 32.0 Å². The molecule has 1 aliphatic rings. The van der Waals surface area contributed by atoms with Crippen LogP contribution in [0.15, 0.2) is 53.4 Å². The van der Waals surface area contributed by atoms with Crippen LogP contribution in [-0.2, 0) is 26.2 Å². The van der Waals surface area contributed by atoms with E-state index in [-0.39, 0.29) is 23.9 Å². The largest absolute Gasteiger partial charge is 0.477 e. The lowest BCUT2D eigenvalue weighted by molar-refractivity contribution is -0.128.